The first kappa shape index (κ1) is 9.73. The van der Waals surface area contributed by atoms with Gasteiger partial charge in [0.05, 0.1) is 8.07 Å². The van der Waals surface area contributed by atoms with Gasteiger partial charge in [-0.3, -0.25) is 4.79 Å². The molecule has 1 aliphatic rings. The molecule has 0 aromatic heterocycles. The third kappa shape index (κ3) is 2.32. The van der Waals surface area contributed by atoms with E-state index in [0.29, 0.717) is 0 Å². The molecule has 1 fully saturated rings. The van der Waals surface area contributed by atoms with Gasteiger partial charge >= 0.3 is 5.97 Å². The second-order valence-electron chi connectivity index (χ2n) is 4.17. The van der Waals surface area contributed by atoms with Gasteiger partial charge < -0.3 is 10.8 Å². The summed E-state index contributed by atoms with van der Waals surface area (Å²) in [6, 6.07) is 2.70. The molecule has 3 nitrogen and oxygen atoms in total. The van der Waals surface area contributed by atoms with Crippen LogP contribution in [0.2, 0.25) is 24.7 Å². The first-order valence-corrected chi connectivity index (χ1v) is 7.64. The molecule has 0 spiro atoms. The zero-order chi connectivity index (χ0) is 9.19. The number of carbonyl (C=O) groups is 1. The zero-order valence-electron chi connectivity index (χ0n) is 7.55. The van der Waals surface area contributed by atoms with Gasteiger partial charge in [0.2, 0.25) is 0 Å². The highest BCUT2D eigenvalue weighted by atomic mass is 28.3. The number of hydrogen-bond donors (Lipinski definition) is 2. The lowest BCUT2D eigenvalue weighted by atomic mass is 10.4. The standard InChI is InChI=1S/C8H17NO2Si/c1-12(4-2-3-5-12)6-7(9)8(10)11/h7H,2-6,9H2,1H3,(H,10,11)/t7-/m1/s1. The van der Waals surface area contributed by atoms with E-state index < -0.39 is 20.1 Å². The highest BCUT2D eigenvalue weighted by molar-refractivity contribution is 6.79. The van der Waals surface area contributed by atoms with Crippen LogP contribution in [0.15, 0.2) is 0 Å². The van der Waals surface area contributed by atoms with Gasteiger partial charge in [-0.2, -0.15) is 0 Å². The molecule has 1 heterocycles. The molecule has 0 aliphatic carbocycles. The van der Waals surface area contributed by atoms with Crippen LogP contribution in [0, 0.1) is 0 Å². The van der Waals surface area contributed by atoms with Gasteiger partial charge in [0, 0.05) is 0 Å². The van der Waals surface area contributed by atoms with Crippen molar-refractivity contribution in [3.8, 4) is 0 Å². The Bertz CT molecular complexity index is 178. The smallest absolute Gasteiger partial charge is 0.320 e. The van der Waals surface area contributed by atoms with Gasteiger partial charge in [-0.05, 0) is 6.04 Å². The summed E-state index contributed by atoms with van der Waals surface area (Å²) in [5.74, 6) is -0.837. The van der Waals surface area contributed by atoms with Crippen LogP contribution in [0.25, 0.3) is 0 Å². The van der Waals surface area contributed by atoms with Gasteiger partial charge in [-0.1, -0.05) is 31.5 Å². The predicted molar refractivity (Wildman–Crippen MR) is 50.9 cm³/mol. The summed E-state index contributed by atoms with van der Waals surface area (Å²) in [4.78, 5) is 10.5. The highest BCUT2D eigenvalue weighted by Gasteiger charge is 2.34. The Labute approximate surface area is 74.0 Å². The molecule has 4 heteroatoms. The minimum absolute atomic E-state index is 0.611. The number of carboxylic acid groups (broad SMARTS) is 1. The fourth-order valence-corrected chi connectivity index (χ4v) is 6.15. The summed E-state index contributed by atoms with van der Waals surface area (Å²) < 4.78 is 0. The zero-order valence-corrected chi connectivity index (χ0v) is 8.55. The van der Waals surface area contributed by atoms with E-state index in [1.54, 1.807) is 0 Å². The maximum Gasteiger partial charge on any atom is 0.320 e. The van der Waals surface area contributed by atoms with Gasteiger partial charge in [-0.15, -0.1) is 0 Å². The first-order valence-electron chi connectivity index (χ1n) is 4.52. The maximum absolute atomic E-state index is 10.5. The van der Waals surface area contributed by atoms with Crippen LogP contribution >= 0.6 is 0 Å². The predicted octanol–water partition coefficient (Wildman–Crippen LogP) is 1.27. The summed E-state index contributed by atoms with van der Waals surface area (Å²) >= 11 is 0. The molecular formula is C8H17NO2Si. The molecule has 0 amide bonds. The summed E-state index contributed by atoms with van der Waals surface area (Å²) in [5, 5.41) is 8.65. The number of aliphatic carboxylic acids is 1. The van der Waals surface area contributed by atoms with Crippen LogP contribution < -0.4 is 5.73 Å². The largest absolute Gasteiger partial charge is 0.480 e. The second-order valence-corrected chi connectivity index (χ2v) is 9.20. The van der Waals surface area contributed by atoms with Crippen LogP contribution in [-0.4, -0.2) is 25.2 Å². The fourth-order valence-electron chi connectivity index (χ4n) is 2.05. The van der Waals surface area contributed by atoms with Crippen molar-refractivity contribution in [2.24, 2.45) is 5.73 Å². The molecule has 0 aromatic carbocycles. The van der Waals surface area contributed by atoms with Crippen molar-refractivity contribution in [3.63, 3.8) is 0 Å². The molecule has 1 rings (SSSR count). The molecule has 0 radical (unpaired) electrons. The van der Waals surface area contributed by atoms with Crippen LogP contribution in [0.5, 0.6) is 0 Å². The number of carboxylic acids is 1. The molecular weight excluding hydrogens is 170 g/mol. The number of nitrogens with two attached hydrogens (primary N) is 1. The Morgan fingerprint density at radius 2 is 2.08 bits per heavy atom. The van der Waals surface area contributed by atoms with Crippen molar-refractivity contribution < 1.29 is 9.90 Å². The van der Waals surface area contributed by atoms with Gasteiger partial charge in [-0.25, -0.2) is 0 Å². The van der Waals surface area contributed by atoms with Crippen molar-refractivity contribution in [1.29, 1.82) is 0 Å². The van der Waals surface area contributed by atoms with Crippen LogP contribution in [-0.2, 0) is 4.79 Å². The van der Waals surface area contributed by atoms with Gasteiger partial charge in [0.15, 0.2) is 0 Å². The normalized spacial score (nSPS) is 23.8. The van der Waals surface area contributed by atoms with Crippen molar-refractivity contribution >= 4 is 14.0 Å². The molecule has 1 saturated heterocycles. The minimum atomic E-state index is -1.22. The minimum Gasteiger partial charge on any atom is -0.480 e. The SMILES string of the molecule is C[Si]1(C[C@@H](N)C(=O)O)CCCC1. The van der Waals surface area contributed by atoms with E-state index in [2.05, 4.69) is 6.55 Å². The molecule has 3 N–H and O–H groups in total. The average Bonchev–Trinajstić information content (AvgIpc) is 2.35. The van der Waals surface area contributed by atoms with Gasteiger partial charge in [0.25, 0.3) is 0 Å². The Morgan fingerprint density at radius 1 is 1.58 bits per heavy atom. The van der Waals surface area contributed by atoms with Crippen molar-refractivity contribution in [3.05, 3.63) is 0 Å². The molecule has 0 unspecified atom stereocenters. The average molecular weight is 187 g/mol. The highest BCUT2D eigenvalue weighted by Crippen LogP contribution is 2.33. The number of rotatable bonds is 3. The van der Waals surface area contributed by atoms with E-state index in [1.165, 1.54) is 24.9 Å². The molecule has 0 saturated carbocycles. The van der Waals surface area contributed by atoms with E-state index in [0.717, 1.165) is 6.04 Å². The van der Waals surface area contributed by atoms with Crippen molar-refractivity contribution in [2.75, 3.05) is 0 Å². The molecule has 1 atom stereocenters. The summed E-state index contributed by atoms with van der Waals surface area (Å²) in [5.41, 5.74) is 5.52. The third-order valence-electron chi connectivity index (χ3n) is 2.84. The van der Waals surface area contributed by atoms with Gasteiger partial charge in [0.1, 0.15) is 6.04 Å². The Kier molecular flexibility index (Phi) is 2.90. The van der Waals surface area contributed by atoms with E-state index in [-0.39, 0.29) is 0 Å². The topological polar surface area (TPSA) is 63.3 Å². The lowest BCUT2D eigenvalue weighted by Crippen LogP contribution is -2.39. The van der Waals surface area contributed by atoms with Crippen LogP contribution in [0.1, 0.15) is 12.8 Å². The molecule has 70 valence electrons. The van der Waals surface area contributed by atoms with E-state index in [4.69, 9.17) is 10.8 Å². The van der Waals surface area contributed by atoms with Crippen molar-refractivity contribution in [2.45, 2.75) is 43.6 Å². The molecule has 12 heavy (non-hydrogen) atoms. The van der Waals surface area contributed by atoms with E-state index >= 15 is 0 Å². The number of hydrogen-bond acceptors (Lipinski definition) is 2. The quantitative estimate of drug-likeness (QED) is 0.654. The summed E-state index contributed by atoms with van der Waals surface area (Å²) in [6.07, 6.45) is 2.57. The maximum atomic E-state index is 10.5. The fraction of sp³-hybridized carbons (Fsp3) is 0.875. The summed E-state index contributed by atoms with van der Waals surface area (Å²) in [7, 11) is -1.22. The Hall–Kier alpha value is -0.353. The third-order valence-corrected chi connectivity index (χ3v) is 7.39. The Morgan fingerprint density at radius 3 is 2.50 bits per heavy atom. The van der Waals surface area contributed by atoms with Crippen molar-refractivity contribution in [1.82, 2.24) is 0 Å². The monoisotopic (exact) mass is 187 g/mol. The molecule has 1 aliphatic heterocycles. The van der Waals surface area contributed by atoms with Crippen LogP contribution in [0.4, 0.5) is 0 Å². The Balaban J connectivity index is 2.43. The van der Waals surface area contributed by atoms with Crippen LogP contribution in [0.3, 0.4) is 0 Å². The first-order chi connectivity index (χ1) is 5.53. The lowest BCUT2D eigenvalue weighted by Gasteiger charge is -2.22. The lowest BCUT2D eigenvalue weighted by molar-refractivity contribution is -0.138. The molecule has 0 aromatic rings. The molecule has 0 bridgehead atoms. The summed E-state index contributed by atoms with van der Waals surface area (Å²) in [6.45, 7) is 2.28. The van der Waals surface area contributed by atoms with E-state index in [9.17, 15) is 4.79 Å². The second kappa shape index (κ2) is 3.58. The van der Waals surface area contributed by atoms with E-state index in [1.807, 2.05) is 0 Å².